The predicted molar refractivity (Wildman–Crippen MR) is 115 cm³/mol. The first-order valence-electron chi connectivity index (χ1n) is 9.42. The van der Waals surface area contributed by atoms with Gasteiger partial charge in [-0.15, -0.1) is 0 Å². The largest absolute Gasteiger partial charge is 0.495 e. The summed E-state index contributed by atoms with van der Waals surface area (Å²) in [6, 6.07) is 14.0. The monoisotopic (exact) mass is 418 g/mol. The fourth-order valence-corrected chi connectivity index (χ4v) is 4.08. The van der Waals surface area contributed by atoms with Gasteiger partial charge in [0, 0.05) is 19.7 Å². The Morgan fingerprint density at radius 1 is 1.10 bits per heavy atom. The van der Waals surface area contributed by atoms with Crippen LogP contribution in [0.25, 0.3) is 0 Å². The first-order valence-corrected chi connectivity index (χ1v) is 10.9. The molecule has 0 aliphatic carbocycles. The Morgan fingerprint density at radius 3 is 2.24 bits per heavy atom. The maximum Gasteiger partial charge on any atom is 0.251 e. The first-order chi connectivity index (χ1) is 13.5. The van der Waals surface area contributed by atoms with Crippen LogP contribution >= 0.6 is 0 Å². The maximum absolute atomic E-state index is 13.0. The Bertz CT molecular complexity index is 949. The van der Waals surface area contributed by atoms with E-state index in [9.17, 15) is 13.2 Å². The van der Waals surface area contributed by atoms with E-state index >= 15 is 0 Å². The molecule has 1 N–H and O–H groups in total. The smallest absolute Gasteiger partial charge is 0.251 e. The highest BCUT2D eigenvalue weighted by atomic mass is 32.2. The van der Waals surface area contributed by atoms with Gasteiger partial charge in [0.2, 0.25) is 10.0 Å². The minimum absolute atomic E-state index is 0.00683. The maximum atomic E-state index is 13.0. The van der Waals surface area contributed by atoms with Crippen molar-refractivity contribution in [2.75, 3.05) is 21.2 Å². The summed E-state index contributed by atoms with van der Waals surface area (Å²) in [5, 5.41) is 3.06. The van der Waals surface area contributed by atoms with E-state index in [4.69, 9.17) is 4.74 Å². The number of amides is 1. The van der Waals surface area contributed by atoms with Gasteiger partial charge in [0.05, 0.1) is 13.2 Å². The number of carbonyl (C=O) groups is 1. The SMILES string of the molecule is COc1ccc(C(=O)NC(CC(C)(C)C)c2ccccc2)cc1S(=O)(=O)N(C)C. The number of carbonyl (C=O) groups excluding carboxylic acids is 1. The van der Waals surface area contributed by atoms with Crippen molar-refractivity contribution in [2.24, 2.45) is 5.41 Å². The number of benzene rings is 2. The molecule has 29 heavy (non-hydrogen) atoms. The van der Waals surface area contributed by atoms with Crippen LogP contribution < -0.4 is 10.1 Å². The Kier molecular flexibility index (Phi) is 7.08. The lowest BCUT2D eigenvalue weighted by Crippen LogP contribution is -2.31. The van der Waals surface area contributed by atoms with Crippen LogP contribution in [-0.2, 0) is 10.0 Å². The molecule has 158 valence electrons. The number of methoxy groups -OCH3 is 1. The van der Waals surface area contributed by atoms with Crippen molar-refractivity contribution in [3.63, 3.8) is 0 Å². The molecule has 0 radical (unpaired) electrons. The molecule has 1 atom stereocenters. The number of rotatable bonds is 7. The van der Waals surface area contributed by atoms with Crippen LogP contribution in [0, 0.1) is 5.41 Å². The van der Waals surface area contributed by atoms with E-state index in [1.165, 1.54) is 33.3 Å². The van der Waals surface area contributed by atoms with Gasteiger partial charge in [-0.3, -0.25) is 4.79 Å². The summed E-state index contributed by atoms with van der Waals surface area (Å²) in [5.41, 5.74) is 1.26. The summed E-state index contributed by atoms with van der Waals surface area (Å²) in [5.74, 6) is -0.134. The highest BCUT2D eigenvalue weighted by Gasteiger charge is 2.26. The van der Waals surface area contributed by atoms with Crippen molar-refractivity contribution in [2.45, 2.75) is 38.1 Å². The second-order valence-electron chi connectivity index (χ2n) is 8.35. The highest BCUT2D eigenvalue weighted by molar-refractivity contribution is 7.89. The molecular formula is C22H30N2O4S. The van der Waals surface area contributed by atoms with Crippen LogP contribution in [0.3, 0.4) is 0 Å². The topological polar surface area (TPSA) is 75.7 Å². The lowest BCUT2D eigenvalue weighted by molar-refractivity contribution is 0.0926. The number of sulfonamides is 1. The minimum atomic E-state index is -3.76. The Morgan fingerprint density at radius 2 is 1.72 bits per heavy atom. The molecule has 0 heterocycles. The van der Waals surface area contributed by atoms with Crippen molar-refractivity contribution in [3.8, 4) is 5.75 Å². The average Bonchev–Trinajstić information content (AvgIpc) is 2.66. The zero-order chi connectivity index (χ0) is 21.8. The standard InChI is InChI=1S/C22H30N2O4S/c1-22(2,3)15-18(16-10-8-7-9-11-16)23-21(25)17-12-13-19(28-6)20(14-17)29(26,27)24(4)5/h7-14,18H,15H2,1-6H3,(H,23,25). The molecular weight excluding hydrogens is 388 g/mol. The Labute approximate surface area is 173 Å². The zero-order valence-electron chi connectivity index (χ0n) is 17.9. The predicted octanol–water partition coefficient (Wildman–Crippen LogP) is 3.85. The Hall–Kier alpha value is -2.38. The van der Waals surface area contributed by atoms with E-state index < -0.39 is 10.0 Å². The van der Waals surface area contributed by atoms with Gasteiger partial charge in [-0.1, -0.05) is 51.1 Å². The number of nitrogens with zero attached hydrogens (tertiary/aromatic N) is 1. The fourth-order valence-electron chi connectivity index (χ4n) is 3.01. The van der Waals surface area contributed by atoms with Crippen LogP contribution in [-0.4, -0.2) is 39.8 Å². The number of ether oxygens (including phenoxy) is 1. The lowest BCUT2D eigenvalue weighted by atomic mass is 9.85. The van der Waals surface area contributed by atoms with Crippen LogP contribution in [0.1, 0.15) is 49.2 Å². The van der Waals surface area contributed by atoms with E-state index in [-0.39, 0.29) is 33.6 Å². The molecule has 2 aromatic carbocycles. The second kappa shape index (κ2) is 8.97. The van der Waals surface area contributed by atoms with Crippen LogP contribution in [0.5, 0.6) is 5.75 Å². The molecule has 0 spiro atoms. The van der Waals surface area contributed by atoms with Crippen LogP contribution in [0.15, 0.2) is 53.4 Å². The summed E-state index contributed by atoms with van der Waals surface area (Å²) in [7, 11) is 0.526. The van der Waals surface area contributed by atoms with Crippen molar-refractivity contribution >= 4 is 15.9 Å². The number of nitrogens with one attached hydrogen (secondary N) is 1. The molecule has 0 aliphatic rings. The first kappa shape index (κ1) is 22.9. The van der Waals surface area contributed by atoms with Gasteiger partial charge in [-0.2, -0.15) is 0 Å². The molecule has 0 saturated carbocycles. The van der Waals surface area contributed by atoms with Crippen LogP contribution in [0.2, 0.25) is 0 Å². The summed E-state index contributed by atoms with van der Waals surface area (Å²) >= 11 is 0. The molecule has 6 nitrogen and oxygen atoms in total. The molecule has 7 heteroatoms. The molecule has 2 aromatic rings. The molecule has 0 saturated heterocycles. The van der Waals surface area contributed by atoms with Gasteiger partial charge in [-0.05, 0) is 35.6 Å². The lowest BCUT2D eigenvalue weighted by Gasteiger charge is -2.27. The normalized spacial score (nSPS) is 13.2. The summed E-state index contributed by atoms with van der Waals surface area (Å²) in [6.45, 7) is 6.35. The third-order valence-electron chi connectivity index (χ3n) is 4.51. The molecule has 0 aromatic heterocycles. The molecule has 1 amide bonds. The highest BCUT2D eigenvalue weighted by Crippen LogP contribution is 2.31. The van der Waals surface area contributed by atoms with E-state index in [0.717, 1.165) is 16.3 Å². The van der Waals surface area contributed by atoms with Crippen molar-refractivity contribution < 1.29 is 17.9 Å². The van der Waals surface area contributed by atoms with Crippen LogP contribution in [0.4, 0.5) is 0 Å². The summed E-state index contributed by atoms with van der Waals surface area (Å²) < 4.78 is 31.6. The average molecular weight is 419 g/mol. The molecule has 2 rings (SSSR count). The van der Waals surface area contributed by atoms with Gasteiger partial charge in [0.1, 0.15) is 10.6 Å². The van der Waals surface area contributed by atoms with E-state index in [2.05, 4.69) is 26.1 Å². The van der Waals surface area contributed by atoms with Crippen molar-refractivity contribution in [1.29, 1.82) is 0 Å². The second-order valence-corrected chi connectivity index (χ2v) is 10.5. The zero-order valence-corrected chi connectivity index (χ0v) is 18.7. The van der Waals surface area contributed by atoms with Gasteiger partial charge in [0.15, 0.2) is 0 Å². The van der Waals surface area contributed by atoms with E-state index in [0.29, 0.717) is 0 Å². The molecule has 0 bridgehead atoms. The van der Waals surface area contributed by atoms with Gasteiger partial charge >= 0.3 is 0 Å². The quantitative estimate of drug-likeness (QED) is 0.741. The van der Waals surface area contributed by atoms with Crippen molar-refractivity contribution in [3.05, 3.63) is 59.7 Å². The molecule has 0 aliphatic heterocycles. The minimum Gasteiger partial charge on any atom is -0.495 e. The third-order valence-corrected chi connectivity index (χ3v) is 6.34. The molecule has 1 unspecified atom stereocenters. The number of hydrogen-bond donors (Lipinski definition) is 1. The number of hydrogen-bond acceptors (Lipinski definition) is 4. The summed E-state index contributed by atoms with van der Waals surface area (Å²) in [4.78, 5) is 13.0. The van der Waals surface area contributed by atoms with E-state index in [1.807, 2.05) is 30.3 Å². The third kappa shape index (κ3) is 5.81. The van der Waals surface area contributed by atoms with Gasteiger partial charge < -0.3 is 10.1 Å². The molecule has 0 fully saturated rings. The van der Waals surface area contributed by atoms with Crippen molar-refractivity contribution in [1.82, 2.24) is 9.62 Å². The summed E-state index contributed by atoms with van der Waals surface area (Å²) in [6.07, 6.45) is 0.738. The van der Waals surface area contributed by atoms with Gasteiger partial charge in [-0.25, -0.2) is 12.7 Å². The van der Waals surface area contributed by atoms with E-state index in [1.54, 1.807) is 6.07 Å². The fraction of sp³-hybridized carbons (Fsp3) is 0.409. The van der Waals surface area contributed by atoms with Gasteiger partial charge in [0.25, 0.3) is 5.91 Å². The Balaban J connectivity index is 2.40.